The molecule has 3 heteroatoms. The zero-order chi connectivity index (χ0) is 13.5. The van der Waals surface area contributed by atoms with Crippen molar-refractivity contribution >= 4 is 11.9 Å². The summed E-state index contributed by atoms with van der Waals surface area (Å²) < 4.78 is 0. The minimum absolute atomic E-state index is 0.908. The van der Waals surface area contributed by atoms with Gasteiger partial charge in [0.05, 0.1) is 6.21 Å². The van der Waals surface area contributed by atoms with Crippen LogP contribution in [0.2, 0.25) is 0 Å². The minimum atomic E-state index is 0.908. The molecule has 0 amide bonds. The summed E-state index contributed by atoms with van der Waals surface area (Å²) in [6.07, 6.45) is 1.81. The number of benzene rings is 2. The Labute approximate surface area is 114 Å². The molecule has 0 saturated heterocycles. The van der Waals surface area contributed by atoms with Gasteiger partial charge in [-0.15, -0.1) is 0 Å². The van der Waals surface area contributed by atoms with E-state index >= 15 is 0 Å². The van der Waals surface area contributed by atoms with Gasteiger partial charge in [0.1, 0.15) is 0 Å². The molecule has 0 heterocycles. The third-order valence-electron chi connectivity index (χ3n) is 2.94. The van der Waals surface area contributed by atoms with Crippen LogP contribution in [0.5, 0.6) is 0 Å². The van der Waals surface area contributed by atoms with Crippen LogP contribution in [-0.2, 0) is 6.54 Å². The quantitative estimate of drug-likeness (QED) is 0.655. The van der Waals surface area contributed by atoms with Crippen LogP contribution in [0.3, 0.4) is 0 Å². The third kappa shape index (κ3) is 3.85. The maximum absolute atomic E-state index is 4.00. The van der Waals surface area contributed by atoms with E-state index in [1.54, 1.807) is 13.3 Å². The Morgan fingerprint density at radius 2 is 1.74 bits per heavy atom. The number of hydrogen-bond acceptors (Lipinski definition) is 3. The molecule has 3 nitrogen and oxygen atoms in total. The zero-order valence-corrected chi connectivity index (χ0v) is 11.4. The molecular weight excluding hydrogens is 234 g/mol. The Morgan fingerprint density at radius 1 is 1.05 bits per heavy atom. The lowest BCUT2D eigenvalue weighted by atomic mass is 10.2. The number of nitrogens with zero attached hydrogens (tertiary/aromatic N) is 2. The van der Waals surface area contributed by atoms with Gasteiger partial charge < -0.3 is 10.3 Å². The second-order valence-electron chi connectivity index (χ2n) is 4.41. The first-order valence-electron chi connectivity index (χ1n) is 6.34. The SMILES string of the molecule is CNN=Cc1ccc(N(C)Cc2ccccc2)cc1. The van der Waals surface area contributed by atoms with E-state index in [0.29, 0.717) is 0 Å². The molecule has 0 aliphatic rings. The fourth-order valence-electron chi connectivity index (χ4n) is 1.90. The highest BCUT2D eigenvalue weighted by molar-refractivity contribution is 5.80. The fraction of sp³-hybridized carbons (Fsp3) is 0.188. The molecule has 0 spiro atoms. The van der Waals surface area contributed by atoms with Gasteiger partial charge >= 0.3 is 0 Å². The average Bonchev–Trinajstić information content (AvgIpc) is 2.46. The Hall–Kier alpha value is -2.29. The standard InChI is InChI=1S/C16H19N3/c1-17-18-12-14-8-10-16(11-9-14)19(2)13-15-6-4-3-5-7-15/h3-12,17H,13H2,1-2H3. The van der Waals surface area contributed by atoms with E-state index in [2.05, 4.69) is 71.0 Å². The predicted octanol–water partition coefficient (Wildman–Crippen LogP) is 2.88. The molecule has 0 unspecified atom stereocenters. The van der Waals surface area contributed by atoms with Gasteiger partial charge in [-0.3, -0.25) is 0 Å². The maximum atomic E-state index is 4.00. The topological polar surface area (TPSA) is 27.6 Å². The lowest BCUT2D eigenvalue weighted by Gasteiger charge is -2.19. The van der Waals surface area contributed by atoms with Crippen molar-refractivity contribution in [1.29, 1.82) is 0 Å². The minimum Gasteiger partial charge on any atom is -0.370 e. The molecule has 0 bridgehead atoms. The van der Waals surface area contributed by atoms with E-state index in [-0.39, 0.29) is 0 Å². The van der Waals surface area contributed by atoms with Crippen molar-refractivity contribution in [2.45, 2.75) is 6.54 Å². The van der Waals surface area contributed by atoms with E-state index in [4.69, 9.17) is 0 Å². The third-order valence-corrected chi connectivity index (χ3v) is 2.94. The summed E-state index contributed by atoms with van der Waals surface area (Å²) in [5, 5.41) is 4.00. The van der Waals surface area contributed by atoms with Gasteiger partial charge in [0.15, 0.2) is 0 Å². The zero-order valence-electron chi connectivity index (χ0n) is 11.4. The molecule has 0 saturated carbocycles. The summed E-state index contributed by atoms with van der Waals surface area (Å²) in [5.41, 5.74) is 6.34. The average molecular weight is 253 g/mol. The highest BCUT2D eigenvalue weighted by Crippen LogP contribution is 2.15. The van der Waals surface area contributed by atoms with Crippen molar-refractivity contribution in [3.63, 3.8) is 0 Å². The van der Waals surface area contributed by atoms with Crippen molar-refractivity contribution in [2.24, 2.45) is 5.10 Å². The number of hydrazone groups is 1. The Balaban J connectivity index is 2.03. The van der Waals surface area contributed by atoms with Gasteiger partial charge in [0.25, 0.3) is 0 Å². The number of nitrogens with one attached hydrogen (secondary N) is 1. The van der Waals surface area contributed by atoms with Crippen LogP contribution < -0.4 is 10.3 Å². The summed E-state index contributed by atoms with van der Waals surface area (Å²) in [4.78, 5) is 2.23. The summed E-state index contributed by atoms with van der Waals surface area (Å²) in [6.45, 7) is 0.908. The Morgan fingerprint density at radius 3 is 2.37 bits per heavy atom. The molecule has 2 rings (SSSR count). The van der Waals surface area contributed by atoms with Gasteiger partial charge in [-0.1, -0.05) is 42.5 Å². The van der Waals surface area contributed by atoms with E-state index in [1.165, 1.54) is 11.3 Å². The Kier molecular flexibility index (Phi) is 4.56. The highest BCUT2D eigenvalue weighted by Gasteiger charge is 2.01. The second kappa shape index (κ2) is 6.59. The fourth-order valence-corrected chi connectivity index (χ4v) is 1.90. The van der Waals surface area contributed by atoms with Crippen LogP contribution in [0.4, 0.5) is 5.69 Å². The molecule has 1 N–H and O–H groups in total. The van der Waals surface area contributed by atoms with Gasteiger partial charge in [-0.2, -0.15) is 5.10 Å². The van der Waals surface area contributed by atoms with Crippen molar-refractivity contribution < 1.29 is 0 Å². The summed E-state index contributed by atoms with van der Waals surface area (Å²) in [5.74, 6) is 0. The van der Waals surface area contributed by atoms with Gasteiger partial charge in [-0.25, -0.2) is 0 Å². The van der Waals surface area contributed by atoms with Gasteiger partial charge in [0.2, 0.25) is 0 Å². The number of rotatable bonds is 5. The monoisotopic (exact) mass is 253 g/mol. The Bertz CT molecular complexity index is 517. The van der Waals surface area contributed by atoms with E-state index in [9.17, 15) is 0 Å². The van der Waals surface area contributed by atoms with Crippen molar-refractivity contribution in [1.82, 2.24) is 5.43 Å². The van der Waals surface area contributed by atoms with Crippen LogP contribution in [0.25, 0.3) is 0 Å². The molecule has 98 valence electrons. The van der Waals surface area contributed by atoms with Crippen LogP contribution in [-0.4, -0.2) is 20.3 Å². The molecule has 0 fully saturated rings. The van der Waals surface area contributed by atoms with E-state index in [0.717, 1.165) is 12.1 Å². The largest absolute Gasteiger partial charge is 0.370 e. The molecule has 0 aromatic heterocycles. The first-order chi connectivity index (χ1) is 9.29. The molecule has 0 aliphatic heterocycles. The molecule has 19 heavy (non-hydrogen) atoms. The highest BCUT2D eigenvalue weighted by atomic mass is 15.3. The van der Waals surface area contributed by atoms with Crippen LogP contribution in [0.15, 0.2) is 59.7 Å². The maximum Gasteiger partial charge on any atom is 0.0540 e. The van der Waals surface area contributed by atoms with Gasteiger partial charge in [0, 0.05) is 26.3 Å². The van der Waals surface area contributed by atoms with E-state index in [1.807, 2.05) is 6.07 Å². The van der Waals surface area contributed by atoms with Crippen molar-refractivity contribution in [3.8, 4) is 0 Å². The van der Waals surface area contributed by atoms with Crippen LogP contribution in [0.1, 0.15) is 11.1 Å². The first kappa shape index (κ1) is 13.1. The summed E-state index contributed by atoms with van der Waals surface area (Å²) in [7, 11) is 3.89. The molecule has 2 aromatic carbocycles. The van der Waals surface area contributed by atoms with Crippen LogP contribution >= 0.6 is 0 Å². The normalized spacial score (nSPS) is 10.6. The summed E-state index contributed by atoms with van der Waals surface area (Å²) in [6, 6.07) is 18.8. The first-order valence-corrected chi connectivity index (χ1v) is 6.34. The van der Waals surface area contributed by atoms with Crippen molar-refractivity contribution in [2.75, 3.05) is 19.0 Å². The molecule has 2 aromatic rings. The number of anilines is 1. The van der Waals surface area contributed by atoms with Crippen molar-refractivity contribution in [3.05, 3.63) is 65.7 Å². The smallest absolute Gasteiger partial charge is 0.0540 e. The lowest BCUT2D eigenvalue weighted by molar-refractivity contribution is 0.907. The predicted molar refractivity (Wildman–Crippen MR) is 81.6 cm³/mol. The lowest BCUT2D eigenvalue weighted by Crippen LogP contribution is -2.16. The summed E-state index contributed by atoms with van der Waals surface area (Å²) >= 11 is 0. The molecule has 0 radical (unpaired) electrons. The molecule has 0 atom stereocenters. The molecular formula is C16H19N3. The van der Waals surface area contributed by atoms with E-state index < -0.39 is 0 Å². The molecule has 0 aliphatic carbocycles. The second-order valence-corrected chi connectivity index (χ2v) is 4.41. The van der Waals surface area contributed by atoms with Crippen LogP contribution in [0, 0.1) is 0 Å². The van der Waals surface area contributed by atoms with Gasteiger partial charge in [-0.05, 0) is 23.3 Å². The number of hydrogen-bond donors (Lipinski definition) is 1.